The molecule has 1 saturated carbocycles. The van der Waals surface area contributed by atoms with E-state index in [4.69, 9.17) is 0 Å². The van der Waals surface area contributed by atoms with Crippen molar-refractivity contribution in [3.05, 3.63) is 35.9 Å². The molecule has 1 aliphatic heterocycles. The van der Waals surface area contributed by atoms with Gasteiger partial charge in [-0.2, -0.15) is 4.37 Å². The van der Waals surface area contributed by atoms with E-state index < -0.39 is 0 Å². The molecule has 1 amide bonds. The summed E-state index contributed by atoms with van der Waals surface area (Å²) in [6, 6.07) is 5.59. The van der Waals surface area contributed by atoms with Crippen molar-refractivity contribution in [2.75, 3.05) is 18.0 Å². The van der Waals surface area contributed by atoms with Crippen LogP contribution in [-0.4, -0.2) is 39.4 Å². The van der Waals surface area contributed by atoms with Crippen LogP contribution in [0.25, 0.3) is 0 Å². The van der Waals surface area contributed by atoms with E-state index in [2.05, 4.69) is 24.6 Å². The third-order valence-electron chi connectivity index (χ3n) is 4.37. The molecule has 0 aromatic carbocycles. The zero-order valence-electron chi connectivity index (χ0n) is 12.8. The molecule has 0 spiro atoms. The Morgan fingerprint density at radius 1 is 1.22 bits per heavy atom. The zero-order chi connectivity index (χ0) is 15.6. The first-order chi connectivity index (χ1) is 11.3. The molecule has 120 valence electrons. The van der Waals surface area contributed by atoms with Gasteiger partial charge in [0.25, 0.3) is 5.91 Å². The summed E-state index contributed by atoms with van der Waals surface area (Å²) in [5.74, 6) is 1.54. The van der Waals surface area contributed by atoms with Gasteiger partial charge < -0.3 is 10.2 Å². The second-order valence-corrected chi connectivity index (χ2v) is 6.89. The van der Waals surface area contributed by atoms with Crippen LogP contribution in [0.3, 0.4) is 0 Å². The van der Waals surface area contributed by atoms with Crippen molar-refractivity contribution in [1.29, 1.82) is 0 Å². The van der Waals surface area contributed by atoms with Crippen LogP contribution >= 0.6 is 11.5 Å². The molecule has 3 heterocycles. The van der Waals surface area contributed by atoms with Crippen LogP contribution < -0.4 is 10.2 Å². The summed E-state index contributed by atoms with van der Waals surface area (Å²) in [5, 5.41) is 4.11. The number of hydrogen-bond acceptors (Lipinski definition) is 6. The van der Waals surface area contributed by atoms with Crippen molar-refractivity contribution in [2.45, 2.75) is 37.6 Å². The van der Waals surface area contributed by atoms with Crippen molar-refractivity contribution in [2.24, 2.45) is 0 Å². The van der Waals surface area contributed by atoms with Gasteiger partial charge in [0.15, 0.2) is 0 Å². The second-order valence-electron chi connectivity index (χ2n) is 6.16. The number of rotatable bonds is 4. The standard InChI is InChI=1S/C16H19N5OS/c22-15(13-3-1-2-8-17-13)18-12-6-9-21(10-7-12)16-19-14(20-23-16)11-4-5-11/h1-3,8,11-12H,4-7,9-10H2,(H,18,22). The van der Waals surface area contributed by atoms with Crippen LogP contribution in [0.15, 0.2) is 24.4 Å². The molecule has 1 saturated heterocycles. The minimum atomic E-state index is -0.0871. The van der Waals surface area contributed by atoms with Crippen LogP contribution in [0.1, 0.15) is 47.9 Å². The number of hydrogen-bond donors (Lipinski definition) is 1. The zero-order valence-corrected chi connectivity index (χ0v) is 13.6. The predicted molar refractivity (Wildman–Crippen MR) is 88.8 cm³/mol. The lowest BCUT2D eigenvalue weighted by Gasteiger charge is -2.31. The molecule has 23 heavy (non-hydrogen) atoms. The summed E-state index contributed by atoms with van der Waals surface area (Å²) in [6.07, 6.45) is 5.97. The Morgan fingerprint density at radius 2 is 2.04 bits per heavy atom. The largest absolute Gasteiger partial charge is 0.348 e. The molecule has 4 rings (SSSR count). The van der Waals surface area contributed by atoms with Gasteiger partial charge in [-0.3, -0.25) is 9.78 Å². The summed E-state index contributed by atoms with van der Waals surface area (Å²) in [7, 11) is 0. The van der Waals surface area contributed by atoms with Gasteiger partial charge in [-0.05, 0) is 37.8 Å². The van der Waals surface area contributed by atoms with Gasteiger partial charge in [-0.25, -0.2) is 4.98 Å². The van der Waals surface area contributed by atoms with Crippen LogP contribution in [0.4, 0.5) is 5.13 Å². The second kappa shape index (κ2) is 6.23. The fraction of sp³-hybridized carbons (Fsp3) is 0.500. The quantitative estimate of drug-likeness (QED) is 0.931. The van der Waals surface area contributed by atoms with E-state index in [1.807, 2.05) is 12.1 Å². The topological polar surface area (TPSA) is 71.0 Å². The smallest absolute Gasteiger partial charge is 0.270 e. The summed E-state index contributed by atoms with van der Waals surface area (Å²) in [4.78, 5) is 23.2. The van der Waals surface area contributed by atoms with E-state index in [9.17, 15) is 4.79 Å². The lowest BCUT2D eigenvalue weighted by molar-refractivity contribution is 0.0926. The molecule has 2 aromatic rings. The molecule has 0 unspecified atom stereocenters. The van der Waals surface area contributed by atoms with Gasteiger partial charge in [0.2, 0.25) is 5.13 Å². The maximum atomic E-state index is 12.1. The average Bonchev–Trinajstić information content (AvgIpc) is 3.34. The van der Waals surface area contributed by atoms with Crippen molar-refractivity contribution in [3.63, 3.8) is 0 Å². The number of amides is 1. The number of piperidine rings is 1. The Morgan fingerprint density at radius 3 is 2.74 bits per heavy atom. The Kier molecular flexibility index (Phi) is 3.95. The molecular formula is C16H19N5OS. The van der Waals surface area contributed by atoms with E-state index in [1.165, 1.54) is 24.4 Å². The number of carbonyl (C=O) groups is 1. The van der Waals surface area contributed by atoms with Gasteiger partial charge in [-0.15, -0.1) is 0 Å². The summed E-state index contributed by atoms with van der Waals surface area (Å²) < 4.78 is 4.47. The summed E-state index contributed by atoms with van der Waals surface area (Å²) in [6.45, 7) is 1.82. The minimum absolute atomic E-state index is 0.0871. The van der Waals surface area contributed by atoms with Crippen molar-refractivity contribution in [1.82, 2.24) is 19.7 Å². The van der Waals surface area contributed by atoms with E-state index in [0.717, 1.165) is 36.9 Å². The normalized spacial score (nSPS) is 18.9. The first-order valence-corrected chi connectivity index (χ1v) is 8.87. The maximum absolute atomic E-state index is 12.1. The molecule has 2 fully saturated rings. The molecule has 1 aliphatic carbocycles. The highest BCUT2D eigenvalue weighted by Gasteiger charge is 2.29. The summed E-state index contributed by atoms with van der Waals surface area (Å²) >= 11 is 1.50. The van der Waals surface area contributed by atoms with E-state index in [0.29, 0.717) is 11.6 Å². The molecule has 7 heteroatoms. The van der Waals surface area contributed by atoms with E-state index >= 15 is 0 Å². The fourth-order valence-corrected chi connectivity index (χ4v) is 3.63. The Bertz CT molecular complexity index is 677. The van der Waals surface area contributed by atoms with Gasteiger partial charge >= 0.3 is 0 Å². The molecule has 0 radical (unpaired) electrons. The molecule has 6 nitrogen and oxygen atoms in total. The highest BCUT2D eigenvalue weighted by atomic mass is 32.1. The van der Waals surface area contributed by atoms with Gasteiger partial charge in [0, 0.05) is 42.8 Å². The lowest BCUT2D eigenvalue weighted by Crippen LogP contribution is -2.44. The monoisotopic (exact) mass is 329 g/mol. The first kappa shape index (κ1) is 14.6. The van der Waals surface area contributed by atoms with Gasteiger partial charge in [-0.1, -0.05) is 6.07 Å². The number of nitrogens with one attached hydrogen (secondary N) is 1. The molecule has 2 aliphatic rings. The van der Waals surface area contributed by atoms with Crippen molar-refractivity contribution in [3.8, 4) is 0 Å². The van der Waals surface area contributed by atoms with Crippen LogP contribution in [0.5, 0.6) is 0 Å². The lowest BCUT2D eigenvalue weighted by atomic mass is 10.1. The van der Waals surface area contributed by atoms with Gasteiger partial charge in [0.1, 0.15) is 11.5 Å². The Labute approximate surface area is 139 Å². The maximum Gasteiger partial charge on any atom is 0.270 e. The van der Waals surface area contributed by atoms with Crippen LogP contribution in [0, 0.1) is 0 Å². The molecular weight excluding hydrogens is 310 g/mol. The van der Waals surface area contributed by atoms with Crippen LogP contribution in [-0.2, 0) is 0 Å². The highest BCUT2D eigenvalue weighted by Crippen LogP contribution is 2.39. The molecule has 1 N–H and O–H groups in total. The fourth-order valence-electron chi connectivity index (χ4n) is 2.83. The highest BCUT2D eigenvalue weighted by molar-refractivity contribution is 7.09. The minimum Gasteiger partial charge on any atom is -0.348 e. The third-order valence-corrected chi connectivity index (χ3v) is 5.16. The number of nitrogens with zero attached hydrogens (tertiary/aromatic N) is 4. The molecule has 2 aromatic heterocycles. The molecule has 0 bridgehead atoms. The summed E-state index contributed by atoms with van der Waals surface area (Å²) in [5.41, 5.74) is 0.480. The first-order valence-electron chi connectivity index (χ1n) is 8.10. The van der Waals surface area contributed by atoms with E-state index in [-0.39, 0.29) is 11.9 Å². The third kappa shape index (κ3) is 3.34. The van der Waals surface area contributed by atoms with Gasteiger partial charge in [0.05, 0.1) is 0 Å². The average molecular weight is 329 g/mol. The predicted octanol–water partition coefficient (Wildman–Crippen LogP) is 2.21. The number of carbonyl (C=O) groups excluding carboxylic acids is 1. The SMILES string of the molecule is O=C(NC1CCN(c2nc(C3CC3)ns2)CC1)c1ccccn1. The molecule has 0 atom stereocenters. The Hall–Kier alpha value is -2.02. The van der Waals surface area contributed by atoms with E-state index in [1.54, 1.807) is 12.3 Å². The number of anilines is 1. The van der Waals surface area contributed by atoms with Crippen molar-refractivity contribution < 1.29 is 4.79 Å². The van der Waals surface area contributed by atoms with Crippen LogP contribution in [0.2, 0.25) is 0 Å². The number of aromatic nitrogens is 3. The number of pyridine rings is 1. The van der Waals surface area contributed by atoms with Crippen molar-refractivity contribution >= 4 is 22.6 Å². The Balaban J connectivity index is 1.31.